The number of ether oxygens (including phenoxy) is 1. The lowest BCUT2D eigenvalue weighted by molar-refractivity contribution is 0.0282. The van der Waals surface area contributed by atoms with Crippen LogP contribution in [0.5, 0.6) is 0 Å². The van der Waals surface area contributed by atoms with Crippen LogP contribution >= 0.6 is 0 Å². The lowest BCUT2D eigenvalue weighted by Gasteiger charge is -2.35. The first-order valence-electron chi connectivity index (χ1n) is 7.54. The monoisotopic (exact) mass is 311 g/mol. The highest BCUT2D eigenvalue weighted by molar-refractivity contribution is 5.87. The molecule has 0 atom stereocenters. The zero-order valence-corrected chi connectivity index (χ0v) is 13.7. The fourth-order valence-electron chi connectivity index (χ4n) is 2.29. The molecule has 0 spiro atoms. The number of anilines is 1. The van der Waals surface area contributed by atoms with Gasteiger partial charge in [0.25, 0.3) is 5.95 Å². The van der Waals surface area contributed by atoms with Crippen LogP contribution < -0.4 is 10.6 Å². The van der Waals surface area contributed by atoms with Crippen molar-refractivity contribution in [2.24, 2.45) is 0 Å². The summed E-state index contributed by atoms with van der Waals surface area (Å²) < 4.78 is 5.33. The van der Waals surface area contributed by atoms with Gasteiger partial charge in [-0.1, -0.05) is 5.10 Å². The van der Waals surface area contributed by atoms with Crippen molar-refractivity contribution in [2.45, 2.75) is 39.3 Å². The first kappa shape index (κ1) is 16.6. The molecule has 0 unspecified atom stereocenters. The Balaban J connectivity index is 1.83. The Morgan fingerprint density at radius 1 is 1.36 bits per heavy atom. The van der Waals surface area contributed by atoms with Crippen molar-refractivity contribution in [3.63, 3.8) is 0 Å². The van der Waals surface area contributed by atoms with Gasteiger partial charge in [-0.15, -0.1) is 5.10 Å². The van der Waals surface area contributed by atoms with Crippen LogP contribution in [-0.4, -0.2) is 69.5 Å². The zero-order chi connectivity index (χ0) is 16.2. The SMILES string of the molecule is CC(C)n1nnc(NC(=O)NC(C)(C)CN2CCOCC2)n1. The van der Waals surface area contributed by atoms with Crippen LogP contribution in [0.15, 0.2) is 0 Å². The maximum absolute atomic E-state index is 12.1. The van der Waals surface area contributed by atoms with Crippen molar-refractivity contribution in [2.75, 3.05) is 38.2 Å². The molecule has 0 bridgehead atoms. The third-order valence-electron chi connectivity index (χ3n) is 3.29. The zero-order valence-electron chi connectivity index (χ0n) is 13.7. The third kappa shape index (κ3) is 4.92. The highest BCUT2D eigenvalue weighted by Gasteiger charge is 2.25. The Hall–Kier alpha value is -1.74. The molecule has 1 aliphatic heterocycles. The average Bonchev–Trinajstić information content (AvgIpc) is 2.87. The van der Waals surface area contributed by atoms with Gasteiger partial charge in [0.2, 0.25) is 0 Å². The standard InChI is InChI=1S/C13H25N7O2/c1-10(2)20-17-11(16-18-20)14-12(21)15-13(3,4)9-19-5-7-22-8-6-19/h10H,5-9H2,1-4H3,(H2,14,15,17,21). The largest absolute Gasteiger partial charge is 0.379 e. The van der Waals surface area contributed by atoms with E-state index in [2.05, 4.69) is 30.9 Å². The molecule has 1 aromatic rings. The molecule has 0 radical (unpaired) electrons. The normalized spacial score (nSPS) is 16.8. The van der Waals surface area contributed by atoms with Gasteiger partial charge in [0.05, 0.1) is 19.3 Å². The molecular weight excluding hydrogens is 286 g/mol. The summed E-state index contributed by atoms with van der Waals surface area (Å²) in [4.78, 5) is 15.8. The Morgan fingerprint density at radius 2 is 2.05 bits per heavy atom. The summed E-state index contributed by atoms with van der Waals surface area (Å²) in [7, 11) is 0. The van der Waals surface area contributed by atoms with Gasteiger partial charge in [-0.05, 0) is 32.9 Å². The number of tetrazole rings is 1. The first-order valence-corrected chi connectivity index (χ1v) is 7.54. The quantitative estimate of drug-likeness (QED) is 0.821. The van der Waals surface area contributed by atoms with Crippen molar-refractivity contribution < 1.29 is 9.53 Å². The minimum atomic E-state index is -0.366. The number of carbonyl (C=O) groups is 1. The number of nitrogens with one attached hydrogen (secondary N) is 2. The Kier molecular flexibility index (Phi) is 5.30. The van der Waals surface area contributed by atoms with E-state index >= 15 is 0 Å². The summed E-state index contributed by atoms with van der Waals surface area (Å²) in [6.45, 7) is 11.9. The minimum absolute atomic E-state index is 0.101. The molecule has 124 valence electrons. The molecule has 2 rings (SSSR count). The van der Waals surface area contributed by atoms with Gasteiger partial charge < -0.3 is 10.1 Å². The number of rotatable bonds is 5. The van der Waals surface area contributed by atoms with E-state index in [1.807, 2.05) is 27.7 Å². The van der Waals surface area contributed by atoms with E-state index in [1.165, 1.54) is 4.80 Å². The molecule has 0 aliphatic carbocycles. The van der Waals surface area contributed by atoms with E-state index in [-0.39, 0.29) is 23.6 Å². The van der Waals surface area contributed by atoms with E-state index in [9.17, 15) is 4.79 Å². The molecule has 0 aromatic carbocycles. The Labute approximate surface area is 130 Å². The molecule has 1 aliphatic rings. The second kappa shape index (κ2) is 7.01. The molecule has 2 N–H and O–H groups in total. The van der Waals surface area contributed by atoms with Gasteiger partial charge in [0, 0.05) is 25.2 Å². The Bertz CT molecular complexity index is 494. The van der Waals surface area contributed by atoms with Crippen molar-refractivity contribution >= 4 is 12.0 Å². The number of nitrogens with zero attached hydrogens (tertiary/aromatic N) is 5. The number of amides is 2. The number of morpholine rings is 1. The predicted octanol–water partition coefficient (Wildman–Crippen LogP) is 0.486. The fourth-order valence-corrected chi connectivity index (χ4v) is 2.29. The summed E-state index contributed by atoms with van der Waals surface area (Å²) in [5.41, 5.74) is -0.366. The van der Waals surface area contributed by atoms with E-state index in [0.717, 1.165) is 32.8 Å². The molecule has 0 saturated carbocycles. The predicted molar refractivity (Wildman–Crippen MR) is 81.7 cm³/mol. The molecule has 1 saturated heterocycles. The summed E-state index contributed by atoms with van der Waals surface area (Å²) >= 11 is 0. The van der Waals surface area contributed by atoms with Crippen LogP contribution in [0, 0.1) is 0 Å². The second-order valence-corrected chi connectivity index (χ2v) is 6.38. The molecule has 9 heteroatoms. The van der Waals surface area contributed by atoms with Gasteiger partial charge in [-0.25, -0.2) is 4.79 Å². The van der Waals surface area contributed by atoms with Crippen LogP contribution in [0.1, 0.15) is 33.7 Å². The van der Waals surface area contributed by atoms with Crippen molar-refractivity contribution in [3.8, 4) is 0 Å². The summed E-state index contributed by atoms with van der Waals surface area (Å²) in [6, 6.07) is -0.231. The fraction of sp³-hybridized carbons (Fsp3) is 0.846. The van der Waals surface area contributed by atoms with Crippen LogP contribution in [0.3, 0.4) is 0 Å². The van der Waals surface area contributed by atoms with Crippen molar-refractivity contribution in [1.82, 2.24) is 30.4 Å². The highest BCUT2D eigenvalue weighted by atomic mass is 16.5. The van der Waals surface area contributed by atoms with Gasteiger partial charge in [0.15, 0.2) is 0 Å². The molecule has 1 fully saturated rings. The van der Waals surface area contributed by atoms with Gasteiger partial charge in [0.1, 0.15) is 0 Å². The highest BCUT2D eigenvalue weighted by Crippen LogP contribution is 2.08. The number of aromatic nitrogens is 4. The lowest BCUT2D eigenvalue weighted by Crippen LogP contribution is -2.54. The van der Waals surface area contributed by atoms with Gasteiger partial charge in [-0.3, -0.25) is 10.2 Å². The first-order chi connectivity index (χ1) is 10.4. The summed E-state index contributed by atoms with van der Waals surface area (Å²) in [5.74, 6) is 0.202. The number of hydrogen-bond donors (Lipinski definition) is 2. The number of hydrogen-bond acceptors (Lipinski definition) is 6. The van der Waals surface area contributed by atoms with Crippen LogP contribution in [0.25, 0.3) is 0 Å². The molecule has 2 heterocycles. The van der Waals surface area contributed by atoms with Crippen molar-refractivity contribution in [1.29, 1.82) is 0 Å². The third-order valence-corrected chi connectivity index (χ3v) is 3.29. The maximum atomic E-state index is 12.1. The van der Waals surface area contributed by atoms with E-state index in [0.29, 0.717) is 0 Å². The summed E-state index contributed by atoms with van der Waals surface area (Å²) in [6.07, 6.45) is 0. The maximum Gasteiger partial charge on any atom is 0.322 e. The Morgan fingerprint density at radius 3 is 2.64 bits per heavy atom. The topological polar surface area (TPSA) is 97.2 Å². The molecule has 1 aromatic heterocycles. The van der Waals surface area contributed by atoms with Crippen molar-refractivity contribution in [3.05, 3.63) is 0 Å². The smallest absolute Gasteiger partial charge is 0.322 e. The van der Waals surface area contributed by atoms with E-state index in [4.69, 9.17) is 4.74 Å². The summed E-state index contributed by atoms with van der Waals surface area (Å²) in [5, 5.41) is 17.3. The minimum Gasteiger partial charge on any atom is -0.379 e. The molecular formula is C13H25N7O2. The lowest BCUT2D eigenvalue weighted by atomic mass is 10.1. The molecule has 9 nitrogen and oxygen atoms in total. The van der Waals surface area contributed by atoms with Crippen LogP contribution in [0.2, 0.25) is 0 Å². The van der Waals surface area contributed by atoms with E-state index < -0.39 is 0 Å². The van der Waals surface area contributed by atoms with Crippen LogP contribution in [0.4, 0.5) is 10.7 Å². The molecule has 22 heavy (non-hydrogen) atoms. The molecule has 2 amide bonds. The number of urea groups is 1. The van der Waals surface area contributed by atoms with E-state index in [1.54, 1.807) is 0 Å². The average molecular weight is 311 g/mol. The number of carbonyl (C=O) groups excluding carboxylic acids is 1. The van der Waals surface area contributed by atoms with Gasteiger partial charge in [-0.2, -0.15) is 4.80 Å². The second-order valence-electron chi connectivity index (χ2n) is 6.38. The van der Waals surface area contributed by atoms with Gasteiger partial charge >= 0.3 is 6.03 Å². The van der Waals surface area contributed by atoms with Crippen LogP contribution in [-0.2, 0) is 4.74 Å².